The van der Waals surface area contributed by atoms with Gasteiger partial charge in [0.15, 0.2) is 0 Å². The second-order valence-electron chi connectivity index (χ2n) is 8.32. The van der Waals surface area contributed by atoms with E-state index in [0.717, 1.165) is 16.9 Å². The highest BCUT2D eigenvalue weighted by Crippen LogP contribution is 2.22. The number of ether oxygens (including phenoxy) is 2. The molecule has 0 radical (unpaired) electrons. The molecule has 2 amide bonds. The Balaban J connectivity index is 0.00000195. The molecule has 2 N–H and O–H groups in total. The van der Waals surface area contributed by atoms with Crippen molar-refractivity contribution in [2.24, 2.45) is 0 Å². The van der Waals surface area contributed by atoms with Gasteiger partial charge in [-0.1, -0.05) is 80.1 Å². The summed E-state index contributed by atoms with van der Waals surface area (Å²) in [7, 11) is 0. The van der Waals surface area contributed by atoms with Crippen molar-refractivity contribution in [3.63, 3.8) is 0 Å². The van der Waals surface area contributed by atoms with E-state index in [1.807, 2.05) is 93.6 Å². The number of para-hydroxylation sites is 1. The van der Waals surface area contributed by atoms with Crippen LogP contribution in [-0.2, 0) is 16.1 Å². The molecule has 0 aliphatic heterocycles. The number of benzene rings is 4. The van der Waals surface area contributed by atoms with E-state index >= 15 is 0 Å². The van der Waals surface area contributed by atoms with Crippen molar-refractivity contribution in [2.75, 3.05) is 11.9 Å². The number of rotatable bonds is 10. The van der Waals surface area contributed by atoms with Gasteiger partial charge in [0.1, 0.15) is 17.5 Å². The molecule has 6 heteroatoms. The predicted octanol–water partition coefficient (Wildman–Crippen LogP) is 6.77. The maximum atomic E-state index is 13.1. The standard InChI is InChI=1S/C30H28N2O4.C2H6/c1-22-12-14-24(15-13-22)29(33)32-28(21-35-20-23-8-4-2-5-9-23)30(34)31-25-16-18-27(19-17-25)36-26-10-6-3-7-11-26;1-2/h2-19,28H,20-21H2,1H3,(H,31,34)(H,32,33);1-2H3. The zero-order valence-electron chi connectivity index (χ0n) is 22.0. The van der Waals surface area contributed by atoms with E-state index in [1.54, 1.807) is 36.4 Å². The molecule has 0 bridgehead atoms. The highest BCUT2D eigenvalue weighted by molar-refractivity contribution is 6.01. The predicted molar refractivity (Wildman–Crippen MR) is 151 cm³/mol. The van der Waals surface area contributed by atoms with Gasteiger partial charge in [-0.2, -0.15) is 0 Å². The Morgan fingerprint density at radius 3 is 1.95 bits per heavy atom. The second kappa shape index (κ2) is 15.0. The molecule has 1 atom stereocenters. The molecular weight excluding hydrogens is 476 g/mol. The average Bonchev–Trinajstić information content (AvgIpc) is 2.96. The van der Waals surface area contributed by atoms with Crippen LogP contribution >= 0.6 is 0 Å². The third-order valence-corrected chi connectivity index (χ3v) is 5.43. The summed E-state index contributed by atoms with van der Waals surface area (Å²) in [5, 5.41) is 5.66. The van der Waals surface area contributed by atoms with Crippen LogP contribution in [0.3, 0.4) is 0 Å². The summed E-state index contributed by atoms with van der Waals surface area (Å²) < 4.78 is 11.6. The summed E-state index contributed by atoms with van der Waals surface area (Å²) in [6, 6.07) is 32.4. The largest absolute Gasteiger partial charge is 0.457 e. The summed E-state index contributed by atoms with van der Waals surface area (Å²) in [6.07, 6.45) is 0. The van der Waals surface area contributed by atoms with Gasteiger partial charge >= 0.3 is 0 Å². The molecule has 4 aromatic rings. The van der Waals surface area contributed by atoms with E-state index in [9.17, 15) is 9.59 Å². The van der Waals surface area contributed by atoms with Crippen LogP contribution in [0.4, 0.5) is 5.69 Å². The third kappa shape index (κ3) is 8.91. The third-order valence-electron chi connectivity index (χ3n) is 5.43. The number of anilines is 1. The molecule has 6 nitrogen and oxygen atoms in total. The quantitative estimate of drug-likeness (QED) is 0.247. The molecule has 4 rings (SSSR count). The molecule has 196 valence electrons. The van der Waals surface area contributed by atoms with Crippen molar-refractivity contribution in [2.45, 2.75) is 33.4 Å². The van der Waals surface area contributed by atoms with Crippen LogP contribution in [-0.4, -0.2) is 24.5 Å². The van der Waals surface area contributed by atoms with Crippen molar-refractivity contribution in [1.29, 1.82) is 0 Å². The minimum Gasteiger partial charge on any atom is -0.457 e. The molecular formula is C32H34N2O4. The lowest BCUT2D eigenvalue weighted by molar-refractivity contribution is -0.119. The first-order chi connectivity index (χ1) is 18.6. The summed E-state index contributed by atoms with van der Waals surface area (Å²) in [4.78, 5) is 25.9. The monoisotopic (exact) mass is 510 g/mol. The Morgan fingerprint density at radius 2 is 1.32 bits per heavy atom. The molecule has 0 fully saturated rings. The van der Waals surface area contributed by atoms with Crippen LogP contribution in [0.5, 0.6) is 11.5 Å². The zero-order valence-corrected chi connectivity index (χ0v) is 22.0. The van der Waals surface area contributed by atoms with Crippen LogP contribution in [0.2, 0.25) is 0 Å². The summed E-state index contributed by atoms with van der Waals surface area (Å²) in [5.41, 5.74) is 3.09. The first-order valence-corrected chi connectivity index (χ1v) is 12.7. The minimum absolute atomic E-state index is 0.0214. The van der Waals surface area contributed by atoms with Crippen LogP contribution in [0.25, 0.3) is 0 Å². The number of hydrogen-bond acceptors (Lipinski definition) is 4. The van der Waals surface area contributed by atoms with Crippen molar-refractivity contribution >= 4 is 17.5 Å². The number of amides is 2. The van der Waals surface area contributed by atoms with Gasteiger partial charge in [-0.15, -0.1) is 0 Å². The lowest BCUT2D eigenvalue weighted by atomic mass is 10.1. The van der Waals surface area contributed by atoms with Crippen molar-refractivity contribution in [1.82, 2.24) is 5.32 Å². The van der Waals surface area contributed by atoms with Gasteiger partial charge < -0.3 is 20.1 Å². The summed E-state index contributed by atoms with van der Waals surface area (Å²) in [6.45, 7) is 6.30. The highest BCUT2D eigenvalue weighted by atomic mass is 16.5. The van der Waals surface area contributed by atoms with Crippen LogP contribution in [0.15, 0.2) is 109 Å². The fourth-order valence-electron chi connectivity index (χ4n) is 3.46. The zero-order chi connectivity index (χ0) is 27.2. The Bertz CT molecular complexity index is 1260. The fraction of sp³-hybridized carbons (Fsp3) is 0.188. The molecule has 1 unspecified atom stereocenters. The lowest BCUT2D eigenvalue weighted by Crippen LogP contribution is -2.46. The van der Waals surface area contributed by atoms with Crippen LogP contribution in [0, 0.1) is 6.92 Å². The number of hydrogen-bond donors (Lipinski definition) is 2. The van der Waals surface area contributed by atoms with E-state index in [1.165, 1.54) is 0 Å². The molecule has 0 heterocycles. The van der Waals surface area contributed by atoms with Gasteiger partial charge in [0, 0.05) is 11.3 Å². The lowest BCUT2D eigenvalue weighted by Gasteiger charge is -2.19. The van der Waals surface area contributed by atoms with Crippen molar-refractivity contribution in [3.8, 4) is 11.5 Å². The normalized spacial score (nSPS) is 10.9. The number of carbonyl (C=O) groups is 2. The Kier molecular flexibility index (Phi) is 11.1. The van der Waals surface area contributed by atoms with Crippen molar-refractivity contribution in [3.05, 3.63) is 126 Å². The molecule has 0 aromatic heterocycles. The Morgan fingerprint density at radius 1 is 0.737 bits per heavy atom. The second-order valence-corrected chi connectivity index (χ2v) is 8.32. The van der Waals surface area contributed by atoms with E-state index in [2.05, 4.69) is 10.6 Å². The smallest absolute Gasteiger partial charge is 0.251 e. The molecule has 0 saturated heterocycles. The van der Waals surface area contributed by atoms with Crippen molar-refractivity contribution < 1.29 is 19.1 Å². The molecule has 0 aliphatic carbocycles. The minimum atomic E-state index is -0.886. The number of carbonyl (C=O) groups excluding carboxylic acids is 2. The first kappa shape index (κ1) is 28.2. The maximum Gasteiger partial charge on any atom is 0.251 e. The molecule has 0 saturated carbocycles. The van der Waals surface area contributed by atoms with Gasteiger partial charge in [0.05, 0.1) is 13.2 Å². The van der Waals surface area contributed by atoms with E-state index in [-0.39, 0.29) is 18.4 Å². The summed E-state index contributed by atoms with van der Waals surface area (Å²) >= 11 is 0. The highest BCUT2D eigenvalue weighted by Gasteiger charge is 2.22. The average molecular weight is 511 g/mol. The topological polar surface area (TPSA) is 76.7 Å². The Hall–Kier alpha value is -4.42. The van der Waals surface area contributed by atoms with Gasteiger partial charge in [-0.25, -0.2) is 0 Å². The van der Waals surface area contributed by atoms with Gasteiger partial charge in [0.25, 0.3) is 5.91 Å². The van der Waals surface area contributed by atoms with E-state index in [0.29, 0.717) is 23.6 Å². The van der Waals surface area contributed by atoms with Gasteiger partial charge in [0.2, 0.25) is 5.91 Å². The molecule has 0 aliphatic rings. The van der Waals surface area contributed by atoms with Crippen LogP contribution in [0.1, 0.15) is 35.3 Å². The molecule has 38 heavy (non-hydrogen) atoms. The van der Waals surface area contributed by atoms with E-state index < -0.39 is 6.04 Å². The molecule has 0 spiro atoms. The summed E-state index contributed by atoms with van der Waals surface area (Å²) in [5.74, 6) is 0.656. The maximum absolute atomic E-state index is 13.1. The number of nitrogens with one attached hydrogen (secondary N) is 2. The first-order valence-electron chi connectivity index (χ1n) is 12.7. The number of aryl methyl sites for hydroxylation is 1. The van der Waals surface area contributed by atoms with E-state index in [4.69, 9.17) is 9.47 Å². The van der Waals surface area contributed by atoms with Gasteiger partial charge in [-0.3, -0.25) is 9.59 Å². The SMILES string of the molecule is CC.Cc1ccc(C(=O)NC(COCc2ccccc2)C(=O)Nc2ccc(Oc3ccccc3)cc2)cc1. The fourth-order valence-corrected chi connectivity index (χ4v) is 3.46. The van der Waals surface area contributed by atoms with Gasteiger partial charge in [-0.05, 0) is 61.0 Å². The Labute approximate surface area is 224 Å². The molecule has 4 aromatic carbocycles. The van der Waals surface area contributed by atoms with Crippen LogP contribution < -0.4 is 15.4 Å².